The lowest BCUT2D eigenvalue weighted by atomic mass is 10.3. The minimum Gasteiger partial charge on any atom is -0.497 e. The molecule has 1 N–H and O–H groups in total. The molecule has 1 atom stereocenters. The van der Waals surface area contributed by atoms with Crippen LogP contribution in [0.5, 0.6) is 11.5 Å². The van der Waals surface area contributed by atoms with Crippen molar-refractivity contribution in [3.63, 3.8) is 0 Å². The zero-order chi connectivity index (χ0) is 14.8. The van der Waals surface area contributed by atoms with Crippen LogP contribution in [-0.4, -0.2) is 53.1 Å². The first-order chi connectivity index (χ1) is 9.50. The highest BCUT2D eigenvalue weighted by molar-refractivity contribution is 7.89. The summed E-state index contributed by atoms with van der Waals surface area (Å²) in [6.45, 7) is 1.50. The van der Waals surface area contributed by atoms with Gasteiger partial charge in [0.2, 0.25) is 10.0 Å². The van der Waals surface area contributed by atoms with Gasteiger partial charge in [0.1, 0.15) is 16.4 Å². The van der Waals surface area contributed by atoms with Crippen molar-refractivity contribution in [1.82, 2.24) is 9.62 Å². The molecule has 0 bridgehead atoms. The first-order valence-electron chi connectivity index (χ1n) is 6.41. The second-order valence-electron chi connectivity index (χ2n) is 4.68. The van der Waals surface area contributed by atoms with Crippen LogP contribution in [0.3, 0.4) is 0 Å². The summed E-state index contributed by atoms with van der Waals surface area (Å²) in [6, 6.07) is 4.74. The maximum atomic E-state index is 12.7. The molecule has 0 spiro atoms. The molecule has 0 aromatic heterocycles. The van der Waals surface area contributed by atoms with Crippen LogP contribution in [0.2, 0.25) is 0 Å². The van der Waals surface area contributed by atoms with E-state index in [0.29, 0.717) is 18.0 Å². The third-order valence-corrected chi connectivity index (χ3v) is 5.51. The van der Waals surface area contributed by atoms with Crippen molar-refractivity contribution in [3.8, 4) is 11.5 Å². The number of benzene rings is 1. The molecule has 1 aromatic rings. The van der Waals surface area contributed by atoms with Gasteiger partial charge in [0.05, 0.1) is 14.2 Å². The molecule has 1 unspecified atom stereocenters. The fourth-order valence-corrected chi connectivity index (χ4v) is 3.84. The molecule has 1 saturated heterocycles. The van der Waals surface area contributed by atoms with E-state index in [-0.39, 0.29) is 23.3 Å². The average Bonchev–Trinajstić information content (AvgIpc) is 2.99. The number of hydrogen-bond donors (Lipinski definition) is 1. The van der Waals surface area contributed by atoms with E-state index in [0.717, 1.165) is 13.0 Å². The lowest BCUT2D eigenvalue weighted by molar-refractivity contribution is 0.372. The standard InChI is InChI=1S/C13H20N2O4S.ClH/c1-15(10-6-7-14-9-10)20(16,17)13-8-11(18-2)4-5-12(13)19-3;/h4-5,8,10,14H,6-7,9H2,1-3H3;1H. The van der Waals surface area contributed by atoms with Crippen molar-refractivity contribution < 1.29 is 17.9 Å². The number of nitrogens with zero attached hydrogens (tertiary/aromatic N) is 1. The first-order valence-corrected chi connectivity index (χ1v) is 7.85. The highest BCUT2D eigenvalue weighted by Crippen LogP contribution is 2.31. The number of hydrogen-bond acceptors (Lipinski definition) is 5. The number of ether oxygens (including phenoxy) is 2. The van der Waals surface area contributed by atoms with Gasteiger partial charge in [-0.15, -0.1) is 12.4 Å². The van der Waals surface area contributed by atoms with Crippen LogP contribution in [0, 0.1) is 0 Å². The van der Waals surface area contributed by atoms with Crippen LogP contribution in [0.1, 0.15) is 6.42 Å². The quantitative estimate of drug-likeness (QED) is 0.872. The molecule has 0 radical (unpaired) electrons. The Morgan fingerprint density at radius 2 is 2.00 bits per heavy atom. The Morgan fingerprint density at radius 1 is 1.29 bits per heavy atom. The van der Waals surface area contributed by atoms with Crippen LogP contribution in [0.4, 0.5) is 0 Å². The number of nitrogens with one attached hydrogen (secondary N) is 1. The van der Waals surface area contributed by atoms with E-state index in [9.17, 15) is 8.42 Å². The molecular weight excluding hydrogens is 316 g/mol. The first kappa shape index (κ1) is 18.0. The molecule has 2 rings (SSSR count). The molecule has 0 amide bonds. The van der Waals surface area contributed by atoms with E-state index in [2.05, 4.69) is 5.32 Å². The van der Waals surface area contributed by atoms with Gasteiger partial charge in [-0.3, -0.25) is 0 Å². The number of sulfonamides is 1. The predicted molar refractivity (Wildman–Crippen MR) is 83.0 cm³/mol. The van der Waals surface area contributed by atoms with Crippen LogP contribution < -0.4 is 14.8 Å². The van der Waals surface area contributed by atoms with E-state index in [1.54, 1.807) is 19.2 Å². The fourth-order valence-electron chi connectivity index (χ4n) is 2.29. The summed E-state index contributed by atoms with van der Waals surface area (Å²) in [5, 5.41) is 3.17. The Bertz CT molecular complexity index is 574. The van der Waals surface area contributed by atoms with Crippen LogP contribution in [-0.2, 0) is 10.0 Å². The molecule has 6 nitrogen and oxygen atoms in total. The van der Waals surface area contributed by atoms with Crippen molar-refractivity contribution in [2.75, 3.05) is 34.4 Å². The van der Waals surface area contributed by atoms with Gasteiger partial charge in [-0.1, -0.05) is 0 Å². The van der Waals surface area contributed by atoms with Crippen molar-refractivity contribution >= 4 is 22.4 Å². The largest absolute Gasteiger partial charge is 0.497 e. The minimum atomic E-state index is -3.61. The van der Waals surface area contributed by atoms with Crippen molar-refractivity contribution in [1.29, 1.82) is 0 Å². The third-order valence-electron chi connectivity index (χ3n) is 3.58. The van der Waals surface area contributed by atoms with Crippen molar-refractivity contribution in [2.45, 2.75) is 17.4 Å². The third kappa shape index (κ3) is 3.60. The van der Waals surface area contributed by atoms with E-state index in [1.807, 2.05) is 0 Å². The molecule has 8 heteroatoms. The van der Waals surface area contributed by atoms with Gasteiger partial charge in [0, 0.05) is 25.7 Å². The molecule has 1 fully saturated rings. The Morgan fingerprint density at radius 3 is 2.52 bits per heavy atom. The van der Waals surface area contributed by atoms with E-state index >= 15 is 0 Å². The van der Waals surface area contributed by atoms with Gasteiger partial charge in [-0.2, -0.15) is 4.31 Å². The smallest absolute Gasteiger partial charge is 0.246 e. The summed E-state index contributed by atoms with van der Waals surface area (Å²) >= 11 is 0. The maximum absolute atomic E-state index is 12.7. The van der Waals surface area contributed by atoms with Gasteiger partial charge in [0.15, 0.2) is 0 Å². The summed E-state index contributed by atoms with van der Waals surface area (Å²) in [4.78, 5) is 0.133. The number of halogens is 1. The van der Waals surface area contributed by atoms with Gasteiger partial charge >= 0.3 is 0 Å². The summed E-state index contributed by atoms with van der Waals surface area (Å²) in [5.41, 5.74) is 0. The number of likely N-dealkylation sites (N-methyl/N-ethyl adjacent to an activating group) is 1. The van der Waals surface area contributed by atoms with Crippen molar-refractivity contribution in [2.24, 2.45) is 0 Å². The summed E-state index contributed by atoms with van der Waals surface area (Å²) < 4.78 is 37.1. The average molecular weight is 337 g/mol. The van der Waals surface area contributed by atoms with E-state index < -0.39 is 10.0 Å². The normalized spacial score (nSPS) is 18.4. The number of rotatable bonds is 5. The molecule has 0 aliphatic carbocycles. The maximum Gasteiger partial charge on any atom is 0.246 e. The summed E-state index contributed by atoms with van der Waals surface area (Å²) in [7, 11) is 0.953. The van der Waals surface area contributed by atoms with Gasteiger partial charge in [-0.25, -0.2) is 8.42 Å². The monoisotopic (exact) mass is 336 g/mol. The zero-order valence-corrected chi connectivity index (χ0v) is 14.0. The van der Waals surface area contributed by atoms with Gasteiger partial charge < -0.3 is 14.8 Å². The lowest BCUT2D eigenvalue weighted by Gasteiger charge is -2.24. The van der Waals surface area contributed by atoms with Crippen molar-refractivity contribution in [3.05, 3.63) is 18.2 Å². The minimum absolute atomic E-state index is 0. The predicted octanol–water partition coefficient (Wildman–Crippen LogP) is 1.11. The second-order valence-corrected chi connectivity index (χ2v) is 6.65. The van der Waals surface area contributed by atoms with Crippen LogP contribution in [0.25, 0.3) is 0 Å². The molecule has 0 saturated carbocycles. The summed E-state index contributed by atoms with van der Waals surface area (Å²) in [5.74, 6) is 0.811. The Hall–Kier alpha value is -1.02. The Kier molecular flexibility index (Phi) is 6.27. The molecule has 1 aliphatic heterocycles. The molecule has 21 heavy (non-hydrogen) atoms. The topological polar surface area (TPSA) is 67.9 Å². The SMILES string of the molecule is COc1ccc(OC)c(S(=O)(=O)N(C)C2CCNC2)c1.Cl. The molecule has 120 valence electrons. The molecule has 1 aromatic carbocycles. The van der Waals surface area contributed by atoms with E-state index in [1.165, 1.54) is 24.6 Å². The summed E-state index contributed by atoms with van der Waals surface area (Å²) in [6.07, 6.45) is 0.808. The molecular formula is C13H21ClN2O4S. The fraction of sp³-hybridized carbons (Fsp3) is 0.538. The Labute approximate surface area is 131 Å². The molecule has 1 aliphatic rings. The number of methoxy groups -OCH3 is 2. The highest BCUT2D eigenvalue weighted by Gasteiger charge is 2.32. The van der Waals surface area contributed by atoms with E-state index in [4.69, 9.17) is 9.47 Å². The Balaban J connectivity index is 0.00000220. The molecule has 1 heterocycles. The van der Waals surface area contributed by atoms with Crippen LogP contribution in [0.15, 0.2) is 23.1 Å². The lowest BCUT2D eigenvalue weighted by Crippen LogP contribution is -2.38. The van der Waals surface area contributed by atoms with Crippen LogP contribution >= 0.6 is 12.4 Å². The van der Waals surface area contributed by atoms with Gasteiger partial charge in [0.25, 0.3) is 0 Å². The zero-order valence-electron chi connectivity index (χ0n) is 12.3. The second kappa shape index (κ2) is 7.31. The van der Waals surface area contributed by atoms with Gasteiger partial charge in [-0.05, 0) is 25.1 Å². The highest BCUT2D eigenvalue weighted by atomic mass is 35.5.